The third-order valence-electron chi connectivity index (χ3n) is 8.88. The lowest BCUT2D eigenvalue weighted by molar-refractivity contribution is -0.157. The first-order valence-corrected chi connectivity index (χ1v) is 18.1. The molecule has 1 aliphatic heterocycles. The van der Waals surface area contributed by atoms with E-state index in [2.05, 4.69) is 21.3 Å². The number of hydrogen-bond acceptors (Lipinski definition) is 7. The summed E-state index contributed by atoms with van der Waals surface area (Å²) in [5, 5.41) is 12.0. The molecule has 3 aromatic carbocycles. The molecule has 278 valence electrons. The van der Waals surface area contributed by atoms with Crippen molar-refractivity contribution >= 4 is 64.6 Å². The lowest BCUT2D eigenvalue weighted by Gasteiger charge is -2.35. The fourth-order valence-corrected chi connectivity index (χ4v) is 6.70. The lowest BCUT2D eigenvalue weighted by Crippen LogP contribution is -2.57. The molecule has 1 heterocycles. The van der Waals surface area contributed by atoms with Crippen LogP contribution in [0.25, 0.3) is 0 Å². The smallest absolute Gasteiger partial charge is 0.408 e. The quantitative estimate of drug-likeness (QED) is 0.137. The van der Waals surface area contributed by atoms with Gasteiger partial charge >= 0.3 is 12.1 Å². The minimum absolute atomic E-state index is 0.0134. The molecular weight excluding hydrogens is 731 g/mol. The third-order valence-corrected chi connectivity index (χ3v) is 9.85. The van der Waals surface area contributed by atoms with Gasteiger partial charge < -0.3 is 30.7 Å². The number of likely N-dealkylation sites (N-methyl/N-ethyl adjacent to an activating group) is 1. The zero-order valence-corrected chi connectivity index (χ0v) is 31.6. The molecule has 0 radical (unpaired) electrons. The van der Waals surface area contributed by atoms with Crippen LogP contribution in [0.1, 0.15) is 63.3 Å². The first-order valence-electron chi connectivity index (χ1n) is 16.9. The molecule has 0 aliphatic carbocycles. The van der Waals surface area contributed by atoms with Crippen molar-refractivity contribution in [2.75, 3.05) is 13.1 Å². The number of rotatable bonds is 15. The van der Waals surface area contributed by atoms with Crippen molar-refractivity contribution < 1.29 is 33.4 Å². The largest absolute Gasteiger partial charge is 0.450 e. The van der Waals surface area contributed by atoms with Gasteiger partial charge in [-0.15, -0.1) is 0 Å². The van der Waals surface area contributed by atoms with Gasteiger partial charge in [0.2, 0.25) is 11.8 Å². The fourth-order valence-electron chi connectivity index (χ4n) is 6.19. The molecule has 1 fully saturated rings. The molecule has 0 spiro atoms. The number of carbonyl (C=O) groups excluding carboxylic acids is 5. The van der Waals surface area contributed by atoms with Gasteiger partial charge in [0.1, 0.15) is 12.1 Å². The van der Waals surface area contributed by atoms with Gasteiger partial charge in [-0.25, -0.2) is 4.79 Å². The maximum absolute atomic E-state index is 14.3. The summed E-state index contributed by atoms with van der Waals surface area (Å²) >= 11 is 18.8. The molecule has 11 nitrogen and oxygen atoms in total. The monoisotopic (exact) mass is 772 g/mol. The second-order valence-electron chi connectivity index (χ2n) is 13.1. The molecule has 4 rings (SSSR count). The highest BCUT2D eigenvalue weighted by atomic mass is 35.5. The van der Waals surface area contributed by atoms with Crippen molar-refractivity contribution in [1.82, 2.24) is 21.3 Å². The highest BCUT2D eigenvalue weighted by molar-refractivity contribution is 6.42. The number of esters is 1. The molecule has 4 amide bonds. The molecule has 14 heteroatoms. The van der Waals surface area contributed by atoms with Crippen LogP contribution in [0.4, 0.5) is 4.79 Å². The van der Waals surface area contributed by atoms with Crippen molar-refractivity contribution in [1.29, 1.82) is 0 Å². The van der Waals surface area contributed by atoms with Gasteiger partial charge in [-0.1, -0.05) is 97.2 Å². The molecule has 1 saturated heterocycles. The Morgan fingerprint density at radius 2 is 1.63 bits per heavy atom. The maximum Gasteiger partial charge on any atom is 0.408 e. The van der Waals surface area contributed by atoms with Crippen molar-refractivity contribution in [3.8, 4) is 0 Å². The number of hydrogen-bond donors (Lipinski definition) is 4. The van der Waals surface area contributed by atoms with Crippen LogP contribution in [0, 0.1) is 5.92 Å². The van der Waals surface area contributed by atoms with Crippen LogP contribution in [-0.2, 0) is 40.5 Å². The molecule has 3 aromatic rings. The first-order chi connectivity index (χ1) is 24.7. The van der Waals surface area contributed by atoms with Crippen LogP contribution >= 0.6 is 34.8 Å². The number of ether oxygens (including phenoxy) is 2. The van der Waals surface area contributed by atoms with E-state index in [9.17, 15) is 24.0 Å². The Kier molecular flexibility index (Phi) is 14.3. The minimum Gasteiger partial charge on any atom is -0.450 e. The summed E-state index contributed by atoms with van der Waals surface area (Å²) in [6.45, 7) is 7.33. The van der Waals surface area contributed by atoms with Gasteiger partial charge in [0.15, 0.2) is 6.10 Å². The van der Waals surface area contributed by atoms with Crippen LogP contribution in [0.5, 0.6) is 0 Å². The number of benzene rings is 3. The third kappa shape index (κ3) is 10.8. The van der Waals surface area contributed by atoms with Crippen molar-refractivity contribution in [3.05, 3.63) is 105 Å². The van der Waals surface area contributed by atoms with Gasteiger partial charge in [0.25, 0.3) is 5.91 Å². The number of alkyl carbamates (subject to hydrolysis) is 1. The van der Waals surface area contributed by atoms with E-state index < -0.39 is 59.5 Å². The zero-order valence-electron chi connectivity index (χ0n) is 29.3. The Morgan fingerprint density at radius 1 is 0.904 bits per heavy atom. The highest BCUT2D eigenvalue weighted by Gasteiger charge is 2.40. The van der Waals surface area contributed by atoms with E-state index in [0.717, 1.165) is 12.5 Å². The van der Waals surface area contributed by atoms with Crippen molar-refractivity contribution in [2.24, 2.45) is 5.92 Å². The second kappa shape index (κ2) is 18.4. The van der Waals surface area contributed by atoms with Crippen molar-refractivity contribution in [3.63, 3.8) is 0 Å². The van der Waals surface area contributed by atoms with Crippen LogP contribution in [-0.4, -0.2) is 61.1 Å². The topological polar surface area (TPSA) is 152 Å². The Morgan fingerprint density at radius 3 is 2.25 bits per heavy atom. The van der Waals surface area contributed by atoms with E-state index in [0.29, 0.717) is 34.1 Å². The van der Waals surface area contributed by atoms with Crippen LogP contribution in [0.3, 0.4) is 0 Å². The number of carbonyl (C=O) groups is 5. The number of halogens is 3. The normalized spacial score (nSPS) is 16.4. The van der Waals surface area contributed by atoms with Crippen LogP contribution in [0.15, 0.2) is 72.8 Å². The zero-order chi connectivity index (χ0) is 38.0. The molecule has 0 aromatic heterocycles. The molecule has 4 N–H and O–H groups in total. The van der Waals surface area contributed by atoms with E-state index in [-0.39, 0.29) is 30.3 Å². The van der Waals surface area contributed by atoms with Gasteiger partial charge in [-0.2, -0.15) is 0 Å². The summed E-state index contributed by atoms with van der Waals surface area (Å²) in [6, 6.07) is 18.8. The summed E-state index contributed by atoms with van der Waals surface area (Å²) < 4.78 is 11.6. The second-order valence-corrected chi connectivity index (χ2v) is 14.4. The van der Waals surface area contributed by atoms with E-state index in [1.165, 1.54) is 0 Å². The maximum atomic E-state index is 14.3. The number of amides is 4. The molecule has 5 atom stereocenters. The Bertz CT molecular complexity index is 1760. The molecule has 52 heavy (non-hydrogen) atoms. The van der Waals surface area contributed by atoms with Gasteiger partial charge in [0.05, 0.1) is 16.1 Å². The molecular formula is C38H43Cl3N4O7. The Balaban J connectivity index is 1.68. The average molecular weight is 774 g/mol. The number of nitrogens with one attached hydrogen (secondary N) is 4. The van der Waals surface area contributed by atoms with E-state index in [1.807, 2.05) is 56.3 Å². The predicted octanol–water partition coefficient (Wildman–Crippen LogP) is 6.08. The Hall–Kier alpha value is -4.32. The SMILES string of the molecule is CCNC(=O)C(OC(C)=O)[C@H](C[C@@H]1CCNC1=O)NC(=O)[C@H](Cc1ccc(Cl)c(Cl)c1)NC(=O)OC(c1ccccc1)C(C)(C)c1cccc(Cl)c1. The van der Waals surface area contributed by atoms with Gasteiger partial charge in [0, 0.05) is 42.8 Å². The molecule has 1 aliphatic rings. The summed E-state index contributed by atoms with van der Waals surface area (Å²) in [5.74, 6) is -2.94. The summed E-state index contributed by atoms with van der Waals surface area (Å²) in [7, 11) is 0. The standard InChI is InChI=1S/C38H43Cl3N4O7/c1-5-42-36(49)32(51-22(2)46)30(20-25-16-17-43-34(25)47)44-35(48)31(19-23-14-15-28(40)29(41)18-23)45-37(50)52-33(24-10-7-6-8-11-24)38(3,4)26-12-9-13-27(39)21-26/h6-15,18,21,25,30-33H,5,16-17,19-20H2,1-4H3,(H,42,49)(H,43,47)(H,44,48)(H,45,50)/t25-,30-,31-,32?,33?/m0/s1. The van der Waals surface area contributed by atoms with E-state index in [4.69, 9.17) is 44.3 Å². The van der Waals surface area contributed by atoms with Crippen molar-refractivity contribution in [2.45, 2.75) is 76.7 Å². The van der Waals surface area contributed by atoms with Crippen LogP contribution in [0.2, 0.25) is 15.1 Å². The van der Waals surface area contributed by atoms with E-state index >= 15 is 0 Å². The molecule has 0 saturated carbocycles. The summed E-state index contributed by atoms with van der Waals surface area (Å²) in [5.41, 5.74) is 1.28. The van der Waals surface area contributed by atoms with Crippen LogP contribution < -0.4 is 21.3 Å². The summed E-state index contributed by atoms with van der Waals surface area (Å²) in [6.07, 6.45) is -2.83. The summed E-state index contributed by atoms with van der Waals surface area (Å²) in [4.78, 5) is 66.1. The van der Waals surface area contributed by atoms with Gasteiger partial charge in [-0.05, 0) is 60.7 Å². The highest BCUT2D eigenvalue weighted by Crippen LogP contribution is 2.40. The average Bonchev–Trinajstić information content (AvgIpc) is 3.51. The Labute approximate surface area is 318 Å². The lowest BCUT2D eigenvalue weighted by atomic mass is 9.76. The fraction of sp³-hybridized carbons (Fsp3) is 0.395. The minimum atomic E-state index is -1.46. The van der Waals surface area contributed by atoms with Gasteiger partial charge in [-0.3, -0.25) is 19.2 Å². The predicted molar refractivity (Wildman–Crippen MR) is 199 cm³/mol. The first kappa shape index (κ1) is 40.5. The molecule has 0 bridgehead atoms. The molecule has 2 unspecified atom stereocenters. The van der Waals surface area contributed by atoms with E-state index in [1.54, 1.807) is 37.3 Å².